The molecule has 0 saturated heterocycles. The Morgan fingerprint density at radius 3 is 2.84 bits per heavy atom. The highest BCUT2D eigenvalue weighted by atomic mass is 35.5. The highest BCUT2D eigenvalue weighted by molar-refractivity contribution is 7.99. The number of allylic oxidation sites excluding steroid dienone is 1. The predicted molar refractivity (Wildman–Crippen MR) is 150 cm³/mol. The first-order chi connectivity index (χ1) is 17.9. The number of fused-ring (bicyclic) bond motifs is 1. The molecule has 1 unspecified atom stereocenters. The summed E-state index contributed by atoms with van der Waals surface area (Å²) in [5.74, 6) is 1.00. The van der Waals surface area contributed by atoms with Crippen LogP contribution in [0.15, 0.2) is 36.0 Å². The molecular formula is C26H27Cl2N5O2S2. The van der Waals surface area contributed by atoms with Crippen molar-refractivity contribution in [3.05, 3.63) is 62.7 Å². The third kappa shape index (κ3) is 6.68. The molecule has 7 nitrogen and oxygen atoms in total. The van der Waals surface area contributed by atoms with Gasteiger partial charge in [0, 0.05) is 16.4 Å². The van der Waals surface area contributed by atoms with E-state index in [1.165, 1.54) is 40.8 Å². The van der Waals surface area contributed by atoms with E-state index < -0.39 is 6.10 Å². The van der Waals surface area contributed by atoms with Gasteiger partial charge in [-0.15, -0.1) is 28.1 Å². The summed E-state index contributed by atoms with van der Waals surface area (Å²) in [6.45, 7) is 6.13. The number of halogens is 2. The molecule has 194 valence electrons. The van der Waals surface area contributed by atoms with E-state index in [1.54, 1.807) is 24.3 Å². The lowest BCUT2D eigenvalue weighted by atomic mass is 9.97. The van der Waals surface area contributed by atoms with E-state index in [4.69, 9.17) is 27.9 Å². The van der Waals surface area contributed by atoms with Crippen LogP contribution in [-0.2, 0) is 24.2 Å². The van der Waals surface area contributed by atoms with Gasteiger partial charge in [-0.2, -0.15) is 5.26 Å². The second kappa shape index (κ2) is 12.8. The standard InChI is InChI=1S/C26H27Cl2N5O2S2/c1-3-12-33-24(16(2)35-21-11-10-17(27)13-20(21)28)31-32-26(33)36-15-23(34)30-25-19(14-29)18-8-6-4-5-7-9-22(18)37-25/h3,10-11,13,16H,1,4-9,12,15H2,2H3,(H,30,34). The van der Waals surface area contributed by atoms with Crippen molar-refractivity contribution < 1.29 is 9.53 Å². The lowest BCUT2D eigenvalue weighted by Crippen LogP contribution is -2.15. The molecule has 37 heavy (non-hydrogen) atoms. The minimum Gasteiger partial charge on any atom is -0.481 e. The number of carbonyl (C=O) groups excluding carboxylic acids is 1. The van der Waals surface area contributed by atoms with Crippen LogP contribution >= 0.6 is 46.3 Å². The van der Waals surface area contributed by atoms with Gasteiger partial charge < -0.3 is 10.1 Å². The summed E-state index contributed by atoms with van der Waals surface area (Å²) in [5, 5.41) is 23.5. The van der Waals surface area contributed by atoms with Crippen molar-refractivity contribution in [1.82, 2.24) is 14.8 Å². The lowest BCUT2D eigenvalue weighted by Gasteiger charge is -2.16. The molecular weight excluding hydrogens is 549 g/mol. The highest BCUT2D eigenvalue weighted by Gasteiger charge is 2.23. The number of nitriles is 1. The van der Waals surface area contributed by atoms with Crippen LogP contribution in [-0.4, -0.2) is 26.4 Å². The first-order valence-corrected chi connectivity index (χ1v) is 14.6. The SMILES string of the molecule is C=CCn1c(SCC(=O)Nc2sc3c(c2C#N)CCCCCC3)nnc1C(C)Oc1ccc(Cl)cc1Cl. The Balaban J connectivity index is 1.44. The van der Waals surface area contributed by atoms with Crippen molar-refractivity contribution in [1.29, 1.82) is 5.26 Å². The molecule has 2 heterocycles. The number of carbonyl (C=O) groups is 1. The fourth-order valence-electron chi connectivity index (χ4n) is 4.24. The Morgan fingerprint density at radius 2 is 2.11 bits per heavy atom. The summed E-state index contributed by atoms with van der Waals surface area (Å²) in [6, 6.07) is 7.34. The van der Waals surface area contributed by atoms with Crippen LogP contribution < -0.4 is 10.1 Å². The third-order valence-corrected chi connectivity index (χ3v) is 8.69. The Bertz CT molecular complexity index is 1330. The van der Waals surface area contributed by atoms with Crippen LogP contribution in [0.4, 0.5) is 5.00 Å². The molecule has 0 bridgehead atoms. The van der Waals surface area contributed by atoms with Gasteiger partial charge in [-0.25, -0.2) is 0 Å². The van der Waals surface area contributed by atoms with Gasteiger partial charge >= 0.3 is 0 Å². The number of rotatable bonds is 9. The number of amides is 1. The fraction of sp³-hybridized carbons (Fsp3) is 0.385. The number of benzene rings is 1. The molecule has 1 aromatic carbocycles. The van der Waals surface area contributed by atoms with Crippen molar-refractivity contribution in [3.63, 3.8) is 0 Å². The van der Waals surface area contributed by atoms with E-state index in [9.17, 15) is 10.1 Å². The second-order valence-electron chi connectivity index (χ2n) is 8.65. The van der Waals surface area contributed by atoms with Gasteiger partial charge in [-0.1, -0.05) is 53.9 Å². The van der Waals surface area contributed by atoms with Gasteiger partial charge in [0.05, 0.1) is 16.3 Å². The maximum absolute atomic E-state index is 12.9. The molecule has 1 aliphatic rings. The Hall–Kier alpha value is -2.51. The number of aromatic nitrogens is 3. The van der Waals surface area contributed by atoms with Crippen molar-refractivity contribution in [2.45, 2.75) is 63.3 Å². The lowest BCUT2D eigenvalue weighted by molar-refractivity contribution is -0.113. The Morgan fingerprint density at radius 1 is 1.32 bits per heavy atom. The molecule has 2 aromatic heterocycles. The maximum atomic E-state index is 12.9. The quantitative estimate of drug-likeness (QED) is 0.213. The van der Waals surface area contributed by atoms with E-state index in [-0.39, 0.29) is 11.7 Å². The monoisotopic (exact) mass is 575 g/mol. The smallest absolute Gasteiger partial charge is 0.235 e. The number of hydrogen-bond acceptors (Lipinski definition) is 7. The third-order valence-electron chi connectivity index (χ3n) is 5.99. The van der Waals surface area contributed by atoms with Crippen LogP contribution in [0.3, 0.4) is 0 Å². The number of thioether (sulfide) groups is 1. The van der Waals surface area contributed by atoms with E-state index in [1.807, 2.05) is 11.5 Å². The summed E-state index contributed by atoms with van der Waals surface area (Å²) in [7, 11) is 0. The topological polar surface area (TPSA) is 92.8 Å². The van der Waals surface area contributed by atoms with Crippen LogP contribution in [0.1, 0.15) is 60.5 Å². The van der Waals surface area contributed by atoms with Crippen LogP contribution in [0.25, 0.3) is 0 Å². The van der Waals surface area contributed by atoms with E-state index in [2.05, 4.69) is 28.2 Å². The number of aryl methyl sites for hydroxylation is 1. The summed E-state index contributed by atoms with van der Waals surface area (Å²) in [5.41, 5.74) is 1.73. The second-order valence-corrected chi connectivity index (χ2v) is 11.5. The van der Waals surface area contributed by atoms with Gasteiger partial charge in [-0.3, -0.25) is 9.36 Å². The molecule has 0 aliphatic heterocycles. The van der Waals surface area contributed by atoms with Crippen LogP contribution in [0, 0.1) is 11.3 Å². The first-order valence-electron chi connectivity index (χ1n) is 12.0. The molecule has 0 saturated carbocycles. The van der Waals surface area contributed by atoms with Gasteiger partial charge in [0.1, 0.15) is 16.8 Å². The van der Waals surface area contributed by atoms with Gasteiger partial charge in [-0.05, 0) is 56.4 Å². The zero-order valence-electron chi connectivity index (χ0n) is 20.4. The number of nitrogens with zero attached hydrogens (tertiary/aromatic N) is 4. The zero-order valence-corrected chi connectivity index (χ0v) is 23.6. The average molecular weight is 577 g/mol. The summed E-state index contributed by atoms with van der Waals surface area (Å²) in [6.07, 6.45) is 7.73. The zero-order chi connectivity index (χ0) is 26.4. The minimum atomic E-state index is -0.460. The molecule has 0 fully saturated rings. The number of hydrogen-bond donors (Lipinski definition) is 1. The fourth-order valence-corrected chi connectivity index (χ4v) is 6.70. The average Bonchev–Trinajstić information content (AvgIpc) is 3.40. The first kappa shape index (κ1) is 27.5. The molecule has 3 aromatic rings. The van der Waals surface area contributed by atoms with Crippen molar-refractivity contribution in [2.24, 2.45) is 0 Å². The Kier molecular flexibility index (Phi) is 9.54. The predicted octanol–water partition coefficient (Wildman–Crippen LogP) is 7.23. The van der Waals surface area contributed by atoms with Crippen molar-refractivity contribution in [3.8, 4) is 11.8 Å². The molecule has 11 heteroatoms. The molecule has 0 spiro atoms. The number of ether oxygens (including phenoxy) is 1. The molecule has 0 radical (unpaired) electrons. The number of anilines is 1. The summed E-state index contributed by atoms with van der Waals surface area (Å²) in [4.78, 5) is 14.1. The molecule has 4 rings (SSSR count). The largest absolute Gasteiger partial charge is 0.481 e. The summed E-state index contributed by atoms with van der Waals surface area (Å²) >= 11 is 15.0. The van der Waals surface area contributed by atoms with Gasteiger partial charge in [0.25, 0.3) is 0 Å². The van der Waals surface area contributed by atoms with Crippen molar-refractivity contribution in [2.75, 3.05) is 11.1 Å². The molecule has 1 atom stereocenters. The van der Waals surface area contributed by atoms with Crippen LogP contribution in [0.5, 0.6) is 5.75 Å². The number of thiophene rings is 1. The highest BCUT2D eigenvalue weighted by Crippen LogP contribution is 2.37. The normalized spacial score (nSPS) is 14.1. The van der Waals surface area contributed by atoms with E-state index in [0.717, 1.165) is 31.2 Å². The molecule has 1 amide bonds. The van der Waals surface area contributed by atoms with Crippen molar-refractivity contribution >= 4 is 57.2 Å². The maximum Gasteiger partial charge on any atom is 0.235 e. The summed E-state index contributed by atoms with van der Waals surface area (Å²) < 4.78 is 7.87. The minimum absolute atomic E-state index is 0.126. The molecule has 1 N–H and O–H groups in total. The van der Waals surface area contributed by atoms with E-state index >= 15 is 0 Å². The molecule has 1 aliphatic carbocycles. The van der Waals surface area contributed by atoms with Gasteiger partial charge in [0.15, 0.2) is 17.1 Å². The van der Waals surface area contributed by atoms with Gasteiger partial charge in [0.2, 0.25) is 5.91 Å². The Labute approximate surface area is 234 Å². The van der Waals surface area contributed by atoms with E-state index in [0.29, 0.717) is 43.9 Å². The van der Waals surface area contributed by atoms with Crippen LogP contribution in [0.2, 0.25) is 10.0 Å². The number of nitrogens with one attached hydrogen (secondary N) is 1.